The second-order valence-corrected chi connectivity index (χ2v) is 7.93. The molecule has 1 aromatic carbocycles. The van der Waals surface area contributed by atoms with E-state index in [1.807, 2.05) is 20.8 Å². The summed E-state index contributed by atoms with van der Waals surface area (Å²) >= 11 is 0. The number of aliphatic carboxylic acids is 1. The summed E-state index contributed by atoms with van der Waals surface area (Å²) in [6, 6.07) is 6.85. The van der Waals surface area contributed by atoms with Crippen molar-refractivity contribution in [1.29, 1.82) is 0 Å². The van der Waals surface area contributed by atoms with Gasteiger partial charge in [0.15, 0.2) is 0 Å². The Morgan fingerprint density at radius 3 is 2.55 bits per heavy atom. The molecule has 0 radical (unpaired) electrons. The van der Waals surface area contributed by atoms with Gasteiger partial charge >= 0.3 is 5.97 Å². The van der Waals surface area contributed by atoms with Gasteiger partial charge in [0.2, 0.25) is 11.7 Å². The second kappa shape index (κ2) is 8.32. The van der Waals surface area contributed by atoms with Gasteiger partial charge in [0.1, 0.15) is 5.41 Å². The molecule has 2 heterocycles. The maximum Gasteiger partial charge on any atom is 0.314 e. The first-order valence-electron chi connectivity index (χ1n) is 9.93. The molecular formula is C21H27N3O5. The van der Waals surface area contributed by atoms with E-state index in [1.165, 1.54) is 4.90 Å². The lowest BCUT2D eigenvalue weighted by Gasteiger charge is -2.43. The molecule has 1 saturated heterocycles. The highest BCUT2D eigenvalue weighted by Gasteiger charge is 2.49. The third-order valence-electron chi connectivity index (χ3n) is 5.52. The highest BCUT2D eigenvalue weighted by atomic mass is 16.5. The molecule has 0 saturated carbocycles. The molecule has 1 aliphatic rings. The van der Waals surface area contributed by atoms with E-state index >= 15 is 0 Å². The summed E-state index contributed by atoms with van der Waals surface area (Å²) < 4.78 is 5.22. The molecule has 1 aromatic heterocycles. The fourth-order valence-electron chi connectivity index (χ4n) is 3.79. The number of nitrogens with zero attached hydrogens (tertiary/aromatic N) is 3. The van der Waals surface area contributed by atoms with Crippen LogP contribution in [0.1, 0.15) is 62.2 Å². The van der Waals surface area contributed by atoms with E-state index in [0.29, 0.717) is 36.7 Å². The number of hydrogen-bond donors (Lipinski definition) is 2. The van der Waals surface area contributed by atoms with Crippen molar-refractivity contribution in [2.45, 2.75) is 52.1 Å². The van der Waals surface area contributed by atoms with E-state index in [-0.39, 0.29) is 24.8 Å². The van der Waals surface area contributed by atoms with Crippen LogP contribution in [-0.2, 0) is 4.79 Å². The van der Waals surface area contributed by atoms with Crippen LogP contribution in [0.2, 0.25) is 0 Å². The number of carboxylic acids is 1. The predicted octanol–water partition coefficient (Wildman–Crippen LogP) is 2.94. The zero-order valence-corrected chi connectivity index (χ0v) is 17.0. The minimum Gasteiger partial charge on any atom is -0.481 e. The van der Waals surface area contributed by atoms with Crippen LogP contribution in [0, 0.1) is 5.41 Å². The number of likely N-dealkylation sites (tertiary alicyclic amines) is 1. The van der Waals surface area contributed by atoms with Gasteiger partial charge in [-0.15, -0.1) is 0 Å². The summed E-state index contributed by atoms with van der Waals surface area (Å²) in [5.41, 5.74) is -0.133. The number of carboxylic acid groups (broad SMARTS) is 1. The molecule has 2 N–H and O–H groups in total. The SMILES string of the molecule is CCC[C@@]1(C(=O)O)CN(C(=O)c2ccc(-c3noc(C(C)C)n3)cc2)CC[C@H]1O. The minimum absolute atomic E-state index is 0.000511. The van der Waals surface area contributed by atoms with Crippen molar-refractivity contribution in [2.75, 3.05) is 13.1 Å². The van der Waals surface area contributed by atoms with Gasteiger partial charge in [-0.25, -0.2) is 0 Å². The molecule has 1 aliphatic heterocycles. The van der Waals surface area contributed by atoms with Crippen molar-refractivity contribution in [1.82, 2.24) is 15.0 Å². The smallest absolute Gasteiger partial charge is 0.314 e. The zero-order chi connectivity index (χ0) is 21.2. The number of piperidine rings is 1. The van der Waals surface area contributed by atoms with Crippen LogP contribution in [0.4, 0.5) is 0 Å². The number of aliphatic hydroxyl groups excluding tert-OH is 1. The van der Waals surface area contributed by atoms with E-state index in [9.17, 15) is 19.8 Å². The lowest BCUT2D eigenvalue weighted by Crippen LogP contribution is -2.57. The molecular weight excluding hydrogens is 374 g/mol. The molecule has 29 heavy (non-hydrogen) atoms. The van der Waals surface area contributed by atoms with Crippen molar-refractivity contribution in [3.8, 4) is 11.4 Å². The number of aromatic nitrogens is 2. The molecule has 8 nitrogen and oxygen atoms in total. The second-order valence-electron chi connectivity index (χ2n) is 7.93. The van der Waals surface area contributed by atoms with Gasteiger partial charge < -0.3 is 19.6 Å². The molecule has 2 aromatic rings. The number of carbonyl (C=O) groups is 2. The fourth-order valence-corrected chi connectivity index (χ4v) is 3.79. The Morgan fingerprint density at radius 2 is 2.00 bits per heavy atom. The Bertz CT molecular complexity index is 877. The first-order chi connectivity index (χ1) is 13.8. The Morgan fingerprint density at radius 1 is 1.31 bits per heavy atom. The van der Waals surface area contributed by atoms with Crippen molar-refractivity contribution in [3.05, 3.63) is 35.7 Å². The van der Waals surface area contributed by atoms with Crippen LogP contribution < -0.4 is 0 Å². The van der Waals surface area contributed by atoms with Gasteiger partial charge in [-0.3, -0.25) is 9.59 Å². The highest BCUT2D eigenvalue weighted by molar-refractivity contribution is 5.95. The van der Waals surface area contributed by atoms with E-state index in [2.05, 4.69) is 10.1 Å². The first-order valence-corrected chi connectivity index (χ1v) is 9.93. The molecule has 3 rings (SSSR count). The predicted molar refractivity (Wildman–Crippen MR) is 105 cm³/mol. The summed E-state index contributed by atoms with van der Waals surface area (Å²) in [4.78, 5) is 30.7. The summed E-state index contributed by atoms with van der Waals surface area (Å²) in [6.07, 6.45) is 0.224. The number of amides is 1. The maximum absolute atomic E-state index is 13.0. The molecule has 1 amide bonds. The number of rotatable bonds is 6. The third-order valence-corrected chi connectivity index (χ3v) is 5.52. The van der Waals surface area contributed by atoms with Crippen molar-refractivity contribution in [3.63, 3.8) is 0 Å². The molecule has 8 heteroatoms. The fraction of sp³-hybridized carbons (Fsp3) is 0.524. The van der Waals surface area contributed by atoms with Crippen LogP contribution in [0.3, 0.4) is 0 Å². The van der Waals surface area contributed by atoms with Gasteiger partial charge in [-0.05, 0) is 25.0 Å². The quantitative estimate of drug-likeness (QED) is 0.764. The molecule has 0 bridgehead atoms. The standard InChI is InChI=1S/C21H27N3O5/c1-4-10-21(20(27)28)12-24(11-9-16(21)25)19(26)15-7-5-14(6-8-15)17-22-18(13(2)3)29-23-17/h5-8,13,16,25H,4,9-12H2,1-3H3,(H,27,28)/t16-,21-/m1/s1. The van der Waals surface area contributed by atoms with Crippen LogP contribution in [-0.4, -0.2) is 56.3 Å². The van der Waals surface area contributed by atoms with Crippen molar-refractivity contribution >= 4 is 11.9 Å². The van der Waals surface area contributed by atoms with Gasteiger partial charge in [0.05, 0.1) is 6.10 Å². The van der Waals surface area contributed by atoms with Gasteiger partial charge in [-0.2, -0.15) is 4.98 Å². The Balaban J connectivity index is 1.78. The number of benzene rings is 1. The minimum atomic E-state index is -1.32. The zero-order valence-electron chi connectivity index (χ0n) is 17.0. The highest BCUT2D eigenvalue weighted by Crippen LogP contribution is 2.36. The van der Waals surface area contributed by atoms with Gasteiger partial charge in [0.25, 0.3) is 5.91 Å². The van der Waals surface area contributed by atoms with E-state index in [0.717, 1.165) is 5.56 Å². The average Bonchev–Trinajstić information content (AvgIpc) is 3.20. The molecule has 156 valence electrons. The monoisotopic (exact) mass is 401 g/mol. The number of carbonyl (C=O) groups excluding carboxylic acids is 1. The summed E-state index contributed by atoms with van der Waals surface area (Å²) in [6.45, 7) is 6.12. The topological polar surface area (TPSA) is 117 Å². The Hall–Kier alpha value is -2.74. The molecule has 2 atom stereocenters. The van der Waals surface area contributed by atoms with Gasteiger partial charge in [-0.1, -0.05) is 44.5 Å². The molecule has 0 spiro atoms. The van der Waals surface area contributed by atoms with Crippen LogP contribution in [0.25, 0.3) is 11.4 Å². The lowest BCUT2D eigenvalue weighted by molar-refractivity contribution is -0.162. The lowest BCUT2D eigenvalue weighted by atomic mass is 9.74. The summed E-state index contributed by atoms with van der Waals surface area (Å²) in [5.74, 6) is -0.169. The van der Waals surface area contributed by atoms with E-state index in [4.69, 9.17) is 4.52 Å². The van der Waals surface area contributed by atoms with Crippen molar-refractivity contribution < 1.29 is 24.3 Å². The molecule has 0 aliphatic carbocycles. The van der Waals surface area contributed by atoms with Crippen LogP contribution >= 0.6 is 0 Å². The third kappa shape index (κ3) is 4.03. The average molecular weight is 401 g/mol. The number of hydrogen-bond acceptors (Lipinski definition) is 6. The van der Waals surface area contributed by atoms with Crippen LogP contribution in [0.15, 0.2) is 28.8 Å². The Kier molecular flexibility index (Phi) is 6.02. The Labute approximate surface area is 169 Å². The van der Waals surface area contributed by atoms with Gasteiger partial charge in [0, 0.05) is 30.1 Å². The largest absolute Gasteiger partial charge is 0.481 e. The summed E-state index contributed by atoms with van der Waals surface area (Å²) in [5, 5.41) is 24.1. The van der Waals surface area contributed by atoms with E-state index < -0.39 is 17.5 Å². The first kappa shape index (κ1) is 21.0. The maximum atomic E-state index is 13.0. The molecule has 0 unspecified atom stereocenters. The summed E-state index contributed by atoms with van der Waals surface area (Å²) in [7, 11) is 0. The van der Waals surface area contributed by atoms with E-state index in [1.54, 1.807) is 24.3 Å². The normalized spacial score (nSPS) is 22.1. The molecule has 1 fully saturated rings. The number of aliphatic hydroxyl groups is 1. The van der Waals surface area contributed by atoms with Crippen LogP contribution in [0.5, 0.6) is 0 Å². The van der Waals surface area contributed by atoms with Crippen molar-refractivity contribution in [2.24, 2.45) is 5.41 Å².